The fraction of sp³-hybridized carbons (Fsp3) is 0.857. The van der Waals surface area contributed by atoms with Crippen LogP contribution in [-0.2, 0) is 4.74 Å². The summed E-state index contributed by atoms with van der Waals surface area (Å²) in [7, 11) is 0. The topological polar surface area (TPSA) is 9.23 Å². The van der Waals surface area contributed by atoms with E-state index in [1.54, 1.807) is 0 Å². The zero-order valence-corrected chi connectivity index (χ0v) is 10.6. The van der Waals surface area contributed by atoms with E-state index >= 15 is 0 Å². The minimum atomic E-state index is 0. The summed E-state index contributed by atoms with van der Waals surface area (Å²) in [4.78, 5) is 0. The van der Waals surface area contributed by atoms with E-state index in [-0.39, 0.29) is 29.6 Å². The SMILES string of the molecule is S=C(S)OC1CCCCC1.[Na]. The van der Waals surface area contributed by atoms with Gasteiger partial charge in [-0.1, -0.05) is 19.0 Å². The normalized spacial score (nSPS) is 18.6. The molecule has 1 aliphatic rings. The van der Waals surface area contributed by atoms with Crippen molar-refractivity contribution < 1.29 is 4.74 Å². The van der Waals surface area contributed by atoms with E-state index in [1.807, 2.05) is 0 Å². The molecule has 0 N–H and O–H groups in total. The van der Waals surface area contributed by atoms with Crippen molar-refractivity contribution in [2.75, 3.05) is 0 Å². The summed E-state index contributed by atoms with van der Waals surface area (Å²) in [6.45, 7) is 0. The van der Waals surface area contributed by atoms with Crippen LogP contribution in [0.2, 0.25) is 0 Å². The molecule has 0 aliphatic heterocycles. The maximum atomic E-state index is 5.29. The number of hydrogen-bond donors (Lipinski definition) is 1. The van der Waals surface area contributed by atoms with Crippen molar-refractivity contribution >= 4 is 58.8 Å². The Kier molecular flexibility index (Phi) is 7.48. The van der Waals surface area contributed by atoms with Gasteiger partial charge in [0.1, 0.15) is 6.10 Å². The Morgan fingerprint density at radius 3 is 2.27 bits per heavy atom. The van der Waals surface area contributed by atoms with E-state index in [2.05, 4.69) is 12.6 Å². The Labute approximate surface area is 101 Å². The number of thiocarbonyl (C=S) groups is 1. The standard InChI is InChI=1S/C7H12OS2.Na/c9-7(10)8-6-4-2-1-3-5-6;/h6H,1-5H2,(H,9,10);. The van der Waals surface area contributed by atoms with Gasteiger partial charge in [0.05, 0.1) is 0 Å². The number of hydrogen-bond acceptors (Lipinski definition) is 2. The molecule has 0 bridgehead atoms. The summed E-state index contributed by atoms with van der Waals surface area (Å²) in [5, 5.41) is 0. The summed E-state index contributed by atoms with van der Waals surface area (Å²) in [6.07, 6.45) is 6.57. The molecule has 0 heterocycles. The van der Waals surface area contributed by atoms with Crippen molar-refractivity contribution in [1.29, 1.82) is 0 Å². The van der Waals surface area contributed by atoms with Gasteiger partial charge in [-0.3, -0.25) is 0 Å². The van der Waals surface area contributed by atoms with Crippen molar-refractivity contribution in [2.45, 2.75) is 38.2 Å². The molecule has 0 saturated heterocycles. The van der Waals surface area contributed by atoms with Gasteiger partial charge < -0.3 is 4.74 Å². The second-order valence-corrected chi connectivity index (χ2v) is 3.72. The second kappa shape index (κ2) is 6.72. The quantitative estimate of drug-likeness (QED) is 0.394. The fourth-order valence-corrected chi connectivity index (χ4v) is 1.61. The number of ether oxygens (including phenoxy) is 1. The van der Waals surface area contributed by atoms with Gasteiger partial charge in [-0.05, 0) is 37.9 Å². The van der Waals surface area contributed by atoms with Crippen molar-refractivity contribution in [3.8, 4) is 0 Å². The summed E-state index contributed by atoms with van der Waals surface area (Å²) in [5.41, 5.74) is 0. The zero-order valence-electron chi connectivity index (χ0n) is 6.88. The molecular formula is C7H12NaOS2. The molecule has 1 nitrogen and oxygen atoms in total. The molecule has 1 fully saturated rings. The molecule has 1 rings (SSSR count). The largest absolute Gasteiger partial charge is 0.475 e. The second-order valence-electron chi connectivity index (χ2n) is 2.64. The summed E-state index contributed by atoms with van der Waals surface area (Å²) in [5.74, 6) is 0. The van der Waals surface area contributed by atoms with Crippen LogP contribution in [0.5, 0.6) is 0 Å². The van der Waals surface area contributed by atoms with E-state index in [4.69, 9.17) is 17.0 Å². The van der Waals surface area contributed by atoms with Crippen LogP contribution in [0.25, 0.3) is 0 Å². The molecule has 11 heavy (non-hydrogen) atoms. The Morgan fingerprint density at radius 2 is 1.82 bits per heavy atom. The van der Waals surface area contributed by atoms with Crippen LogP contribution in [0.1, 0.15) is 32.1 Å². The number of rotatable bonds is 1. The molecule has 1 saturated carbocycles. The molecule has 0 aromatic rings. The van der Waals surface area contributed by atoms with Gasteiger partial charge >= 0.3 is 0 Å². The average molecular weight is 199 g/mol. The van der Waals surface area contributed by atoms with E-state index in [9.17, 15) is 0 Å². The van der Waals surface area contributed by atoms with Gasteiger partial charge in [-0.25, -0.2) is 0 Å². The van der Waals surface area contributed by atoms with Crippen LogP contribution in [0.3, 0.4) is 0 Å². The Hall–Kier alpha value is 1.24. The van der Waals surface area contributed by atoms with Crippen molar-refractivity contribution in [2.24, 2.45) is 0 Å². The third-order valence-electron chi connectivity index (χ3n) is 1.82. The summed E-state index contributed by atoms with van der Waals surface area (Å²) >= 11 is 8.64. The van der Waals surface area contributed by atoms with Gasteiger partial charge in [-0.15, -0.1) is 0 Å². The molecule has 0 unspecified atom stereocenters. The molecule has 0 atom stereocenters. The predicted octanol–water partition coefficient (Wildman–Crippen LogP) is 2.17. The third kappa shape index (κ3) is 5.47. The van der Waals surface area contributed by atoms with E-state index in [1.165, 1.54) is 19.3 Å². The predicted molar refractivity (Wildman–Crippen MR) is 55.3 cm³/mol. The van der Waals surface area contributed by atoms with Crippen LogP contribution in [0.15, 0.2) is 0 Å². The van der Waals surface area contributed by atoms with Gasteiger partial charge in [0.25, 0.3) is 0 Å². The number of thiol groups is 1. The molecule has 0 amide bonds. The maximum Gasteiger partial charge on any atom is 0.217 e. The monoisotopic (exact) mass is 199 g/mol. The van der Waals surface area contributed by atoms with Crippen LogP contribution in [-0.4, -0.2) is 40.0 Å². The third-order valence-corrected chi connectivity index (χ3v) is 2.02. The molecule has 0 aromatic heterocycles. The first-order chi connectivity index (χ1) is 4.79. The maximum absolute atomic E-state index is 5.29. The first-order valence-electron chi connectivity index (χ1n) is 3.68. The summed E-state index contributed by atoms with van der Waals surface area (Å²) < 4.78 is 5.68. The molecule has 4 heteroatoms. The molecule has 59 valence electrons. The van der Waals surface area contributed by atoms with Crippen LogP contribution >= 0.6 is 24.8 Å². The Bertz CT molecular complexity index is 124. The molecule has 1 aliphatic carbocycles. The van der Waals surface area contributed by atoms with Gasteiger partial charge in [-0.2, -0.15) is 0 Å². The minimum absolute atomic E-state index is 0. The van der Waals surface area contributed by atoms with Gasteiger partial charge in [0.2, 0.25) is 4.38 Å². The average Bonchev–Trinajstić information content (AvgIpc) is 1.88. The fourth-order valence-electron chi connectivity index (χ4n) is 1.33. The summed E-state index contributed by atoms with van der Waals surface area (Å²) in [6, 6.07) is 0. The first kappa shape index (κ1) is 12.2. The molecule has 0 aromatic carbocycles. The molecule has 0 spiro atoms. The molecular weight excluding hydrogens is 187 g/mol. The van der Waals surface area contributed by atoms with Crippen molar-refractivity contribution in [3.05, 3.63) is 0 Å². The van der Waals surface area contributed by atoms with Gasteiger partial charge in [0, 0.05) is 29.6 Å². The first-order valence-corrected chi connectivity index (χ1v) is 4.54. The minimum Gasteiger partial charge on any atom is -0.475 e. The van der Waals surface area contributed by atoms with Crippen LogP contribution in [0.4, 0.5) is 0 Å². The zero-order chi connectivity index (χ0) is 7.40. The molecule has 1 radical (unpaired) electrons. The Morgan fingerprint density at radius 1 is 1.27 bits per heavy atom. The van der Waals surface area contributed by atoms with E-state index in [0.717, 1.165) is 12.8 Å². The van der Waals surface area contributed by atoms with Crippen molar-refractivity contribution in [3.63, 3.8) is 0 Å². The van der Waals surface area contributed by atoms with E-state index < -0.39 is 0 Å². The van der Waals surface area contributed by atoms with Crippen LogP contribution in [0, 0.1) is 0 Å². The Balaban J connectivity index is 0.000001000. The smallest absolute Gasteiger partial charge is 0.217 e. The van der Waals surface area contributed by atoms with E-state index in [0.29, 0.717) is 10.5 Å². The van der Waals surface area contributed by atoms with Crippen molar-refractivity contribution in [1.82, 2.24) is 0 Å². The van der Waals surface area contributed by atoms with Crippen LogP contribution < -0.4 is 0 Å². The van der Waals surface area contributed by atoms with Gasteiger partial charge in [0.15, 0.2) is 0 Å².